The van der Waals surface area contributed by atoms with Gasteiger partial charge in [0.05, 0.1) is 18.4 Å². The first-order chi connectivity index (χ1) is 12.3. The van der Waals surface area contributed by atoms with E-state index >= 15 is 0 Å². The summed E-state index contributed by atoms with van der Waals surface area (Å²) in [6, 6.07) is 19.3. The van der Waals surface area contributed by atoms with Crippen LogP contribution in [0.1, 0.15) is 5.89 Å². The fraction of sp³-hybridized carbons (Fsp3) is 0.0526. The van der Waals surface area contributed by atoms with Crippen molar-refractivity contribution in [3.63, 3.8) is 0 Å². The van der Waals surface area contributed by atoms with Gasteiger partial charge in [-0.1, -0.05) is 41.9 Å². The Morgan fingerprint density at radius 3 is 2.76 bits per heavy atom. The molecule has 0 saturated carbocycles. The Morgan fingerprint density at radius 1 is 1.04 bits per heavy atom. The third-order valence-corrected chi connectivity index (χ3v) is 3.93. The minimum Gasteiger partial charge on any atom is -0.439 e. The van der Waals surface area contributed by atoms with Gasteiger partial charge >= 0.3 is 0 Å². The third-order valence-electron chi connectivity index (χ3n) is 3.69. The highest BCUT2D eigenvalue weighted by Crippen LogP contribution is 2.23. The van der Waals surface area contributed by atoms with E-state index in [-0.39, 0.29) is 0 Å². The van der Waals surface area contributed by atoms with Gasteiger partial charge in [0.2, 0.25) is 5.89 Å². The fourth-order valence-electron chi connectivity index (χ4n) is 2.48. The smallest absolute Gasteiger partial charge is 0.214 e. The standard InChI is InChI=1S/C19H15ClN4O/c20-15-6-4-5-14(11-15)17-12-22-19(25-17)13-21-18-9-10-24(23-18)16-7-2-1-3-8-16/h1-12H,13H2,(H,21,23). The fourth-order valence-corrected chi connectivity index (χ4v) is 2.67. The number of nitrogens with zero attached hydrogens (tertiary/aromatic N) is 3. The van der Waals surface area contributed by atoms with Gasteiger partial charge in [-0.3, -0.25) is 0 Å². The molecule has 2 heterocycles. The molecule has 0 saturated heterocycles. The average Bonchev–Trinajstić information content (AvgIpc) is 3.30. The number of hydrogen-bond acceptors (Lipinski definition) is 4. The summed E-state index contributed by atoms with van der Waals surface area (Å²) in [5.74, 6) is 2.03. The van der Waals surface area contributed by atoms with Crippen LogP contribution in [0.15, 0.2) is 77.5 Å². The van der Waals surface area contributed by atoms with E-state index in [1.807, 2.05) is 71.5 Å². The van der Waals surface area contributed by atoms with Crippen LogP contribution >= 0.6 is 11.6 Å². The van der Waals surface area contributed by atoms with E-state index in [0.717, 1.165) is 17.1 Å². The van der Waals surface area contributed by atoms with Crippen LogP contribution in [-0.4, -0.2) is 14.8 Å². The Morgan fingerprint density at radius 2 is 1.92 bits per heavy atom. The maximum atomic E-state index is 6.01. The number of hydrogen-bond donors (Lipinski definition) is 1. The van der Waals surface area contributed by atoms with Gasteiger partial charge in [0, 0.05) is 22.8 Å². The second-order valence-corrected chi connectivity index (χ2v) is 5.90. The summed E-state index contributed by atoms with van der Waals surface area (Å²) >= 11 is 6.01. The summed E-state index contributed by atoms with van der Waals surface area (Å²) in [4.78, 5) is 4.30. The highest BCUT2D eigenvalue weighted by atomic mass is 35.5. The number of halogens is 1. The van der Waals surface area contributed by atoms with E-state index < -0.39 is 0 Å². The molecule has 0 aliphatic carbocycles. The quantitative estimate of drug-likeness (QED) is 0.562. The first-order valence-corrected chi connectivity index (χ1v) is 8.21. The molecule has 4 aromatic rings. The van der Waals surface area contributed by atoms with Crippen LogP contribution < -0.4 is 5.32 Å². The van der Waals surface area contributed by atoms with Crippen LogP contribution in [0.4, 0.5) is 5.82 Å². The predicted octanol–water partition coefficient (Wildman–Crippen LogP) is 4.79. The molecule has 6 heteroatoms. The molecular formula is C19H15ClN4O. The summed E-state index contributed by atoms with van der Waals surface area (Å²) in [5, 5.41) is 8.37. The molecule has 2 aromatic heterocycles. The number of rotatable bonds is 5. The second kappa shape index (κ2) is 6.83. The molecule has 4 rings (SSSR count). The van der Waals surface area contributed by atoms with E-state index in [1.165, 1.54) is 0 Å². The lowest BCUT2D eigenvalue weighted by atomic mass is 10.2. The Bertz CT molecular complexity index is 978. The average molecular weight is 351 g/mol. The molecule has 0 bridgehead atoms. The van der Waals surface area contributed by atoms with Crippen molar-refractivity contribution < 1.29 is 4.42 Å². The molecule has 124 valence electrons. The molecule has 0 amide bonds. The van der Waals surface area contributed by atoms with Crippen molar-refractivity contribution in [2.45, 2.75) is 6.54 Å². The minimum absolute atomic E-state index is 0.451. The normalized spacial score (nSPS) is 10.8. The van der Waals surface area contributed by atoms with Crippen molar-refractivity contribution in [1.29, 1.82) is 0 Å². The van der Waals surface area contributed by atoms with Crippen molar-refractivity contribution >= 4 is 17.4 Å². The topological polar surface area (TPSA) is 55.9 Å². The van der Waals surface area contributed by atoms with E-state index in [4.69, 9.17) is 16.0 Å². The van der Waals surface area contributed by atoms with Gasteiger partial charge in [-0.05, 0) is 24.3 Å². The largest absolute Gasteiger partial charge is 0.439 e. The highest BCUT2D eigenvalue weighted by molar-refractivity contribution is 6.30. The lowest BCUT2D eigenvalue weighted by molar-refractivity contribution is 0.515. The van der Waals surface area contributed by atoms with Crippen molar-refractivity contribution in [2.24, 2.45) is 0 Å². The predicted molar refractivity (Wildman–Crippen MR) is 97.8 cm³/mol. The van der Waals surface area contributed by atoms with E-state index in [2.05, 4.69) is 15.4 Å². The summed E-state index contributed by atoms with van der Waals surface area (Å²) < 4.78 is 7.59. The molecule has 0 fully saturated rings. The van der Waals surface area contributed by atoms with Gasteiger partial charge in [0.25, 0.3) is 0 Å². The molecule has 0 aliphatic rings. The monoisotopic (exact) mass is 350 g/mol. The number of oxazole rings is 1. The van der Waals surface area contributed by atoms with Gasteiger partial charge in [0.1, 0.15) is 5.82 Å². The van der Waals surface area contributed by atoms with Gasteiger partial charge in [-0.15, -0.1) is 0 Å². The summed E-state index contributed by atoms with van der Waals surface area (Å²) in [6.45, 7) is 0.451. The van der Waals surface area contributed by atoms with Crippen LogP contribution in [-0.2, 0) is 6.54 Å². The lowest BCUT2D eigenvalue weighted by Gasteiger charge is -2.01. The Balaban J connectivity index is 1.43. The van der Waals surface area contributed by atoms with E-state index in [0.29, 0.717) is 23.2 Å². The molecule has 25 heavy (non-hydrogen) atoms. The van der Waals surface area contributed by atoms with E-state index in [1.54, 1.807) is 6.20 Å². The third kappa shape index (κ3) is 3.56. The first kappa shape index (κ1) is 15.5. The zero-order chi connectivity index (χ0) is 17.1. The van der Waals surface area contributed by atoms with Crippen molar-refractivity contribution in [1.82, 2.24) is 14.8 Å². The Hall–Kier alpha value is -3.05. The van der Waals surface area contributed by atoms with Crippen molar-refractivity contribution in [3.05, 3.63) is 84.0 Å². The van der Waals surface area contributed by atoms with Crippen molar-refractivity contribution in [2.75, 3.05) is 5.32 Å². The second-order valence-electron chi connectivity index (χ2n) is 5.46. The molecule has 0 radical (unpaired) electrons. The molecule has 0 unspecified atom stereocenters. The van der Waals surface area contributed by atoms with Gasteiger partial charge < -0.3 is 9.73 Å². The molecule has 0 spiro atoms. The number of benzene rings is 2. The minimum atomic E-state index is 0.451. The maximum Gasteiger partial charge on any atom is 0.214 e. The molecular weight excluding hydrogens is 336 g/mol. The lowest BCUT2D eigenvalue weighted by Crippen LogP contribution is -2.01. The van der Waals surface area contributed by atoms with Crippen LogP contribution in [0.2, 0.25) is 5.02 Å². The summed E-state index contributed by atoms with van der Waals surface area (Å²) in [5.41, 5.74) is 1.91. The Kier molecular flexibility index (Phi) is 4.23. The van der Waals surface area contributed by atoms with Crippen LogP contribution in [0.25, 0.3) is 17.0 Å². The molecule has 2 aromatic carbocycles. The number of anilines is 1. The molecule has 1 N–H and O–H groups in total. The summed E-state index contributed by atoms with van der Waals surface area (Å²) in [6.07, 6.45) is 3.61. The van der Waals surface area contributed by atoms with E-state index in [9.17, 15) is 0 Å². The maximum absolute atomic E-state index is 6.01. The zero-order valence-corrected chi connectivity index (χ0v) is 14.0. The van der Waals surface area contributed by atoms with Crippen LogP contribution in [0, 0.1) is 0 Å². The van der Waals surface area contributed by atoms with Gasteiger partial charge in [-0.25, -0.2) is 9.67 Å². The molecule has 0 atom stereocenters. The van der Waals surface area contributed by atoms with Crippen molar-refractivity contribution in [3.8, 4) is 17.0 Å². The highest BCUT2D eigenvalue weighted by Gasteiger charge is 2.08. The molecule has 5 nitrogen and oxygen atoms in total. The van der Waals surface area contributed by atoms with Gasteiger partial charge in [0.15, 0.2) is 5.76 Å². The first-order valence-electron chi connectivity index (χ1n) is 7.83. The number of para-hydroxylation sites is 1. The van der Waals surface area contributed by atoms with Crippen LogP contribution in [0.5, 0.6) is 0 Å². The Labute approximate surface area is 149 Å². The SMILES string of the molecule is Clc1cccc(-c2cnc(CNc3ccn(-c4ccccc4)n3)o2)c1. The zero-order valence-electron chi connectivity index (χ0n) is 13.3. The van der Waals surface area contributed by atoms with Gasteiger partial charge in [-0.2, -0.15) is 5.10 Å². The number of aromatic nitrogens is 3. The molecule has 0 aliphatic heterocycles. The van der Waals surface area contributed by atoms with Crippen LogP contribution in [0.3, 0.4) is 0 Å². The summed E-state index contributed by atoms with van der Waals surface area (Å²) in [7, 11) is 0. The number of nitrogens with one attached hydrogen (secondary N) is 1.